The van der Waals surface area contributed by atoms with E-state index in [0.29, 0.717) is 68.9 Å². The van der Waals surface area contributed by atoms with Crippen molar-refractivity contribution in [1.82, 2.24) is 19.1 Å². The number of alkyl halides is 3. The maximum Gasteiger partial charge on any atom is 0.490 e. The number of carboxylic acids is 1. The number of piperazine rings is 1. The molecule has 0 radical (unpaired) electrons. The SMILES string of the molecule is NC1CCN(C(=O)C2CN(Cc3cnc(-c4ccc(Cl)cc4)s3)CCN2S(=O)(=O)c2ccc(OCC3CCCCC3)cc2)CC1.O=C(O)C(F)(F)F. The summed E-state index contributed by atoms with van der Waals surface area (Å²) in [6, 6.07) is 13.5. The van der Waals surface area contributed by atoms with Crippen LogP contribution in [-0.2, 0) is 26.2 Å². The molecule has 11 nitrogen and oxygen atoms in total. The van der Waals surface area contributed by atoms with Crippen LogP contribution in [0.15, 0.2) is 59.6 Å². The molecule has 1 aromatic heterocycles. The van der Waals surface area contributed by atoms with Gasteiger partial charge in [-0.15, -0.1) is 11.3 Å². The number of carbonyl (C=O) groups excluding carboxylic acids is 1. The van der Waals surface area contributed by atoms with Crippen molar-refractivity contribution < 1.29 is 41.0 Å². The highest BCUT2D eigenvalue weighted by molar-refractivity contribution is 7.89. The Hall–Kier alpha value is -3.28. The standard InChI is InChI=1S/C33H42ClN5O4S2.C2HF3O2/c34-26-8-6-25(7-9-26)32-36-20-29(44-32)21-37-18-19-39(31(22-37)33(40)38-16-14-27(35)15-17-38)45(41,42)30-12-10-28(11-13-30)43-23-24-4-2-1-3-5-24;3-2(4,5)1(6)7/h6-13,20,24,27,31H,1-5,14-19,21-23,35H2;(H,6,7). The van der Waals surface area contributed by atoms with Gasteiger partial charge >= 0.3 is 12.1 Å². The molecule has 52 heavy (non-hydrogen) atoms. The van der Waals surface area contributed by atoms with Crippen molar-refractivity contribution in [3.8, 4) is 16.3 Å². The normalized spacial score (nSPS) is 19.9. The molecule has 1 amide bonds. The zero-order valence-corrected chi connectivity index (χ0v) is 30.9. The third-order valence-electron chi connectivity index (χ3n) is 9.46. The monoisotopic (exact) mass is 785 g/mol. The lowest BCUT2D eigenvalue weighted by Gasteiger charge is -2.42. The number of ether oxygens (including phenoxy) is 1. The summed E-state index contributed by atoms with van der Waals surface area (Å²) in [5, 5.41) is 8.69. The fourth-order valence-electron chi connectivity index (χ4n) is 6.52. The van der Waals surface area contributed by atoms with E-state index in [9.17, 15) is 26.4 Å². The summed E-state index contributed by atoms with van der Waals surface area (Å²) in [6.45, 7) is 3.34. The fourth-order valence-corrected chi connectivity index (χ4v) is 9.17. The Morgan fingerprint density at radius 2 is 1.60 bits per heavy atom. The van der Waals surface area contributed by atoms with Crippen molar-refractivity contribution in [2.75, 3.05) is 39.3 Å². The van der Waals surface area contributed by atoms with Gasteiger partial charge in [-0.1, -0.05) is 43.0 Å². The molecular formula is C35H43ClF3N5O6S2. The van der Waals surface area contributed by atoms with Crippen LogP contribution in [0.5, 0.6) is 5.75 Å². The van der Waals surface area contributed by atoms with Crippen molar-refractivity contribution in [2.24, 2.45) is 11.7 Å². The second-order valence-electron chi connectivity index (χ2n) is 13.3. The molecule has 3 aliphatic rings. The molecule has 3 aromatic rings. The molecule has 1 unspecified atom stereocenters. The number of aromatic nitrogens is 1. The number of rotatable bonds is 9. The second-order valence-corrected chi connectivity index (χ2v) is 16.7. The number of likely N-dealkylation sites (tertiary alicyclic amines) is 1. The predicted molar refractivity (Wildman–Crippen MR) is 192 cm³/mol. The molecule has 0 spiro atoms. The number of hydrogen-bond acceptors (Lipinski definition) is 9. The second kappa shape index (κ2) is 17.7. The summed E-state index contributed by atoms with van der Waals surface area (Å²) in [6.07, 6.45) is 4.36. The lowest BCUT2D eigenvalue weighted by atomic mass is 9.90. The van der Waals surface area contributed by atoms with E-state index >= 15 is 0 Å². The molecule has 6 rings (SSSR count). The van der Waals surface area contributed by atoms with Gasteiger partial charge in [0.1, 0.15) is 16.8 Å². The number of hydrogen-bond donors (Lipinski definition) is 2. The number of amides is 1. The molecule has 3 N–H and O–H groups in total. The number of carbonyl (C=O) groups is 2. The van der Waals surface area contributed by atoms with Gasteiger partial charge in [0.15, 0.2) is 0 Å². The summed E-state index contributed by atoms with van der Waals surface area (Å²) in [5.74, 6) is -1.69. The summed E-state index contributed by atoms with van der Waals surface area (Å²) in [7, 11) is -3.93. The van der Waals surface area contributed by atoms with Gasteiger partial charge in [-0.05, 0) is 68.0 Å². The number of carboxylic acid groups (broad SMARTS) is 1. The minimum absolute atomic E-state index is 0.0664. The Balaban J connectivity index is 0.000000679. The lowest BCUT2D eigenvalue weighted by molar-refractivity contribution is -0.192. The van der Waals surface area contributed by atoms with Gasteiger partial charge in [-0.2, -0.15) is 17.5 Å². The Labute approximate surface area is 310 Å². The van der Waals surface area contributed by atoms with Gasteiger partial charge in [0.25, 0.3) is 0 Å². The fraction of sp³-hybridized carbons (Fsp3) is 0.514. The van der Waals surface area contributed by atoms with E-state index < -0.39 is 28.2 Å². The quantitative estimate of drug-likeness (QED) is 0.272. The van der Waals surface area contributed by atoms with Gasteiger partial charge in [-0.25, -0.2) is 18.2 Å². The van der Waals surface area contributed by atoms with Gasteiger partial charge in [-0.3, -0.25) is 9.69 Å². The van der Waals surface area contributed by atoms with Crippen LogP contribution in [0.1, 0.15) is 49.8 Å². The first-order valence-electron chi connectivity index (χ1n) is 17.2. The first-order valence-corrected chi connectivity index (χ1v) is 19.9. The first kappa shape index (κ1) is 39.9. The number of nitrogens with two attached hydrogens (primary N) is 1. The van der Waals surface area contributed by atoms with Gasteiger partial charge in [0.2, 0.25) is 15.9 Å². The Morgan fingerprint density at radius 3 is 2.21 bits per heavy atom. The Morgan fingerprint density at radius 1 is 0.962 bits per heavy atom. The highest BCUT2D eigenvalue weighted by Crippen LogP contribution is 2.30. The predicted octanol–water partition coefficient (Wildman–Crippen LogP) is 5.88. The molecule has 2 aliphatic heterocycles. The van der Waals surface area contributed by atoms with E-state index in [2.05, 4.69) is 9.88 Å². The van der Waals surface area contributed by atoms with Crippen LogP contribution in [0, 0.1) is 5.92 Å². The molecule has 17 heteroatoms. The molecule has 2 saturated heterocycles. The number of benzene rings is 2. The molecule has 284 valence electrons. The number of nitrogens with zero attached hydrogens (tertiary/aromatic N) is 4. The molecule has 1 atom stereocenters. The maximum absolute atomic E-state index is 14.1. The minimum atomic E-state index is -5.08. The zero-order valence-electron chi connectivity index (χ0n) is 28.5. The van der Waals surface area contributed by atoms with E-state index in [4.69, 9.17) is 32.0 Å². The first-order chi connectivity index (χ1) is 24.7. The third kappa shape index (κ3) is 10.7. The lowest BCUT2D eigenvalue weighted by Crippen LogP contribution is -2.61. The van der Waals surface area contributed by atoms with Crippen LogP contribution < -0.4 is 10.5 Å². The highest BCUT2D eigenvalue weighted by atomic mass is 35.5. The summed E-state index contributed by atoms with van der Waals surface area (Å²) in [4.78, 5) is 32.6. The van der Waals surface area contributed by atoms with Crippen molar-refractivity contribution in [3.05, 3.63) is 64.6 Å². The number of sulfonamides is 1. The molecule has 2 aromatic carbocycles. The van der Waals surface area contributed by atoms with Crippen LogP contribution in [0.4, 0.5) is 13.2 Å². The molecular weight excluding hydrogens is 743 g/mol. The summed E-state index contributed by atoms with van der Waals surface area (Å²) >= 11 is 7.64. The molecule has 1 saturated carbocycles. The van der Waals surface area contributed by atoms with E-state index in [1.54, 1.807) is 40.5 Å². The smallest absolute Gasteiger partial charge is 0.490 e. The number of piperidine rings is 1. The average molecular weight is 786 g/mol. The van der Waals surface area contributed by atoms with Gasteiger partial charge in [0, 0.05) is 67.0 Å². The van der Waals surface area contributed by atoms with E-state index in [1.165, 1.54) is 36.4 Å². The van der Waals surface area contributed by atoms with Crippen molar-refractivity contribution in [2.45, 2.75) is 74.6 Å². The van der Waals surface area contributed by atoms with Crippen molar-refractivity contribution in [3.63, 3.8) is 0 Å². The Kier molecular flexibility index (Phi) is 13.6. The average Bonchev–Trinajstić information content (AvgIpc) is 3.60. The number of thiazole rings is 1. The molecule has 0 bridgehead atoms. The van der Waals surface area contributed by atoms with Crippen molar-refractivity contribution >= 4 is 44.8 Å². The molecule has 3 fully saturated rings. The van der Waals surface area contributed by atoms with Gasteiger partial charge in [0.05, 0.1) is 11.5 Å². The topological polar surface area (TPSA) is 146 Å². The molecule has 3 heterocycles. The Bertz CT molecular complexity index is 1750. The van der Waals surface area contributed by atoms with E-state index in [0.717, 1.165) is 15.4 Å². The van der Waals surface area contributed by atoms with Crippen LogP contribution in [0.2, 0.25) is 5.02 Å². The summed E-state index contributed by atoms with van der Waals surface area (Å²) < 4.78 is 67.3. The number of aliphatic carboxylic acids is 1. The highest BCUT2D eigenvalue weighted by Gasteiger charge is 2.42. The number of halogens is 4. The third-order valence-corrected chi connectivity index (χ3v) is 12.7. The maximum atomic E-state index is 14.1. The van der Waals surface area contributed by atoms with Gasteiger partial charge < -0.3 is 20.5 Å². The van der Waals surface area contributed by atoms with Crippen LogP contribution in [-0.4, -0.2) is 102 Å². The van der Waals surface area contributed by atoms with Crippen LogP contribution >= 0.6 is 22.9 Å². The van der Waals surface area contributed by atoms with Crippen molar-refractivity contribution in [1.29, 1.82) is 0 Å². The van der Waals surface area contributed by atoms with E-state index in [-0.39, 0.29) is 23.4 Å². The molecule has 1 aliphatic carbocycles. The summed E-state index contributed by atoms with van der Waals surface area (Å²) in [5.41, 5.74) is 7.10. The van der Waals surface area contributed by atoms with Crippen LogP contribution in [0.25, 0.3) is 10.6 Å². The largest absolute Gasteiger partial charge is 0.493 e. The van der Waals surface area contributed by atoms with Crippen LogP contribution in [0.3, 0.4) is 0 Å². The zero-order chi connectivity index (χ0) is 37.5. The van der Waals surface area contributed by atoms with E-state index in [1.807, 2.05) is 30.5 Å². The minimum Gasteiger partial charge on any atom is -0.493 e.